The molecule has 21 heavy (non-hydrogen) atoms. The number of aryl methyl sites for hydroxylation is 1. The molecule has 3 rings (SSSR count). The molecule has 1 aromatic carbocycles. The van der Waals surface area contributed by atoms with Crippen LogP contribution in [0.15, 0.2) is 42.9 Å². The van der Waals surface area contributed by atoms with E-state index in [4.69, 9.17) is 0 Å². The highest BCUT2D eigenvalue weighted by Crippen LogP contribution is 2.25. The zero-order valence-electron chi connectivity index (χ0n) is 11.7. The van der Waals surface area contributed by atoms with Gasteiger partial charge in [0.25, 0.3) is 0 Å². The number of rotatable bonds is 4. The molecule has 0 fully saturated rings. The number of pyridine rings is 1. The second kappa shape index (κ2) is 5.63. The Hall–Kier alpha value is -2.87. The van der Waals surface area contributed by atoms with Crippen LogP contribution in [-0.4, -0.2) is 21.3 Å². The lowest BCUT2D eigenvalue weighted by molar-refractivity contribution is 0.637. The molecule has 1 N–H and O–H groups in total. The molecule has 0 radical (unpaired) electrons. The van der Waals surface area contributed by atoms with Crippen LogP contribution in [0.3, 0.4) is 0 Å². The van der Waals surface area contributed by atoms with E-state index in [1.165, 1.54) is 0 Å². The van der Waals surface area contributed by atoms with Gasteiger partial charge in [-0.25, -0.2) is 0 Å². The van der Waals surface area contributed by atoms with Gasteiger partial charge in [-0.2, -0.15) is 10.4 Å². The van der Waals surface area contributed by atoms with Gasteiger partial charge in [0.2, 0.25) is 0 Å². The van der Waals surface area contributed by atoms with Crippen molar-refractivity contribution in [1.29, 1.82) is 5.26 Å². The fraction of sp³-hybridized carbons (Fsp3) is 0.188. The number of hydrogen-bond donors (Lipinski definition) is 1. The van der Waals surface area contributed by atoms with Gasteiger partial charge in [-0.3, -0.25) is 9.67 Å². The molecular weight excluding hydrogens is 262 g/mol. The highest BCUT2D eigenvalue weighted by molar-refractivity contribution is 5.93. The molecule has 0 unspecified atom stereocenters. The quantitative estimate of drug-likeness (QED) is 0.796. The van der Waals surface area contributed by atoms with E-state index >= 15 is 0 Å². The number of hydrogen-bond acceptors (Lipinski definition) is 4. The van der Waals surface area contributed by atoms with Gasteiger partial charge in [0.05, 0.1) is 29.5 Å². The number of para-hydroxylation sites is 1. The van der Waals surface area contributed by atoms with E-state index in [-0.39, 0.29) is 0 Å². The molecule has 0 saturated heterocycles. The maximum absolute atomic E-state index is 9.25. The maximum atomic E-state index is 9.25. The lowest BCUT2D eigenvalue weighted by Gasteiger charge is -2.11. The second-order valence-corrected chi connectivity index (χ2v) is 4.88. The smallest absolute Gasteiger partial charge is 0.103 e. The molecule has 0 atom stereocenters. The summed E-state index contributed by atoms with van der Waals surface area (Å²) in [6.45, 7) is 3.46. The Morgan fingerprint density at radius 2 is 2.14 bits per heavy atom. The van der Waals surface area contributed by atoms with E-state index in [1.54, 1.807) is 6.20 Å². The predicted octanol–water partition coefficient (Wildman–Crippen LogP) is 2.72. The Morgan fingerprint density at radius 3 is 2.90 bits per heavy atom. The normalized spacial score (nSPS) is 10.5. The van der Waals surface area contributed by atoms with Crippen molar-refractivity contribution in [1.82, 2.24) is 14.8 Å². The summed E-state index contributed by atoms with van der Waals surface area (Å²) in [5.74, 6) is 0. The van der Waals surface area contributed by atoms with E-state index < -0.39 is 0 Å². The summed E-state index contributed by atoms with van der Waals surface area (Å²) in [6.07, 6.45) is 5.45. The Labute approximate surface area is 122 Å². The lowest BCUT2D eigenvalue weighted by Crippen LogP contribution is -2.12. The molecule has 0 aliphatic heterocycles. The first kappa shape index (κ1) is 13.1. The molecule has 0 bridgehead atoms. The van der Waals surface area contributed by atoms with Crippen molar-refractivity contribution >= 4 is 16.6 Å². The van der Waals surface area contributed by atoms with Crippen LogP contribution in [0.25, 0.3) is 10.9 Å². The number of fused-ring (bicyclic) bond motifs is 1. The lowest BCUT2D eigenvalue weighted by atomic mass is 10.1. The van der Waals surface area contributed by atoms with Crippen molar-refractivity contribution in [2.24, 2.45) is 0 Å². The number of benzene rings is 1. The first-order valence-corrected chi connectivity index (χ1v) is 6.78. The SMILES string of the molecule is Cc1cnn(CCNc2c(C#N)cnc3ccccc23)c1. The third-order valence-electron chi connectivity index (χ3n) is 3.30. The minimum absolute atomic E-state index is 0.561. The monoisotopic (exact) mass is 277 g/mol. The summed E-state index contributed by atoms with van der Waals surface area (Å²) in [6, 6.07) is 10.0. The highest BCUT2D eigenvalue weighted by atomic mass is 15.3. The predicted molar refractivity (Wildman–Crippen MR) is 81.9 cm³/mol. The first-order chi connectivity index (χ1) is 10.3. The summed E-state index contributed by atoms with van der Waals surface area (Å²) >= 11 is 0. The molecule has 0 aliphatic carbocycles. The zero-order chi connectivity index (χ0) is 14.7. The average molecular weight is 277 g/mol. The summed E-state index contributed by atoms with van der Waals surface area (Å²) in [7, 11) is 0. The summed E-state index contributed by atoms with van der Waals surface area (Å²) in [5.41, 5.74) is 3.42. The van der Waals surface area contributed by atoms with E-state index in [0.717, 1.165) is 28.7 Å². The van der Waals surface area contributed by atoms with Gasteiger partial charge in [0.1, 0.15) is 6.07 Å². The Balaban J connectivity index is 1.84. The van der Waals surface area contributed by atoms with Gasteiger partial charge in [-0.15, -0.1) is 0 Å². The third-order valence-corrected chi connectivity index (χ3v) is 3.30. The third kappa shape index (κ3) is 2.70. The summed E-state index contributed by atoms with van der Waals surface area (Å²) in [4.78, 5) is 4.30. The van der Waals surface area contributed by atoms with Crippen LogP contribution in [0, 0.1) is 18.3 Å². The van der Waals surface area contributed by atoms with Gasteiger partial charge >= 0.3 is 0 Å². The van der Waals surface area contributed by atoms with E-state index in [9.17, 15) is 5.26 Å². The molecule has 2 heterocycles. The first-order valence-electron chi connectivity index (χ1n) is 6.78. The zero-order valence-corrected chi connectivity index (χ0v) is 11.7. The number of nitrogens with zero attached hydrogens (tertiary/aromatic N) is 4. The van der Waals surface area contributed by atoms with Crippen LogP contribution in [0.1, 0.15) is 11.1 Å². The average Bonchev–Trinajstić information content (AvgIpc) is 2.93. The Morgan fingerprint density at radius 1 is 1.29 bits per heavy atom. The van der Waals surface area contributed by atoms with Crippen molar-refractivity contribution in [3.05, 3.63) is 54.0 Å². The molecule has 0 aliphatic rings. The standard InChI is InChI=1S/C16H15N5/c1-12-9-20-21(11-12)7-6-18-16-13(8-17)10-19-15-5-3-2-4-14(15)16/h2-5,9-11H,6-7H2,1H3,(H,18,19). The second-order valence-electron chi connectivity index (χ2n) is 4.88. The number of nitrogens with one attached hydrogen (secondary N) is 1. The molecule has 0 saturated carbocycles. The van der Waals surface area contributed by atoms with Crippen LogP contribution in [-0.2, 0) is 6.54 Å². The topological polar surface area (TPSA) is 66.5 Å². The van der Waals surface area contributed by atoms with Gasteiger partial charge in [0.15, 0.2) is 0 Å². The highest BCUT2D eigenvalue weighted by Gasteiger charge is 2.07. The van der Waals surface area contributed by atoms with Crippen molar-refractivity contribution < 1.29 is 0 Å². The van der Waals surface area contributed by atoms with E-state index in [2.05, 4.69) is 21.5 Å². The van der Waals surface area contributed by atoms with Crippen LogP contribution < -0.4 is 5.32 Å². The Bertz CT molecular complexity index is 813. The molecule has 5 heteroatoms. The maximum Gasteiger partial charge on any atom is 0.103 e. The van der Waals surface area contributed by atoms with Crippen molar-refractivity contribution in [3.8, 4) is 6.07 Å². The number of anilines is 1. The number of aromatic nitrogens is 3. The summed E-state index contributed by atoms with van der Waals surface area (Å²) < 4.78 is 1.89. The molecule has 104 valence electrons. The molecule has 5 nitrogen and oxygen atoms in total. The van der Waals surface area contributed by atoms with E-state index in [0.29, 0.717) is 12.1 Å². The minimum Gasteiger partial charge on any atom is -0.382 e. The van der Waals surface area contributed by atoms with Gasteiger partial charge in [-0.05, 0) is 18.6 Å². The van der Waals surface area contributed by atoms with Crippen LogP contribution in [0.4, 0.5) is 5.69 Å². The Kier molecular flexibility index (Phi) is 3.52. The molecule has 2 aromatic heterocycles. The van der Waals surface area contributed by atoms with Crippen molar-refractivity contribution in [3.63, 3.8) is 0 Å². The van der Waals surface area contributed by atoms with Crippen LogP contribution in [0.2, 0.25) is 0 Å². The van der Waals surface area contributed by atoms with Gasteiger partial charge in [0, 0.05) is 24.3 Å². The van der Waals surface area contributed by atoms with Crippen LogP contribution >= 0.6 is 0 Å². The largest absolute Gasteiger partial charge is 0.382 e. The minimum atomic E-state index is 0.561. The van der Waals surface area contributed by atoms with E-state index in [1.807, 2.05) is 48.3 Å². The fourth-order valence-electron chi connectivity index (χ4n) is 2.30. The van der Waals surface area contributed by atoms with Crippen LogP contribution in [0.5, 0.6) is 0 Å². The van der Waals surface area contributed by atoms with Gasteiger partial charge < -0.3 is 5.32 Å². The fourth-order valence-corrected chi connectivity index (χ4v) is 2.30. The van der Waals surface area contributed by atoms with Gasteiger partial charge in [-0.1, -0.05) is 18.2 Å². The van der Waals surface area contributed by atoms with Crippen molar-refractivity contribution in [2.45, 2.75) is 13.5 Å². The molecular formula is C16H15N5. The summed E-state index contributed by atoms with van der Waals surface area (Å²) in [5, 5.41) is 17.8. The molecule has 0 spiro atoms. The number of nitriles is 1. The molecule has 3 aromatic rings. The van der Waals surface area contributed by atoms with Crippen molar-refractivity contribution in [2.75, 3.05) is 11.9 Å². The molecule has 0 amide bonds.